The minimum absolute atomic E-state index is 0.0132. The van der Waals surface area contributed by atoms with Gasteiger partial charge in [-0.15, -0.1) is 0 Å². The van der Waals surface area contributed by atoms with Crippen LogP contribution in [0.4, 0.5) is 11.4 Å². The second kappa shape index (κ2) is 5.26. The van der Waals surface area contributed by atoms with Crippen LogP contribution in [0, 0.1) is 10.1 Å². The third-order valence-electron chi connectivity index (χ3n) is 1.58. The molecule has 0 spiro atoms. The van der Waals surface area contributed by atoms with Gasteiger partial charge in [-0.25, -0.2) is 0 Å². The highest BCUT2D eigenvalue weighted by Gasteiger charge is 2.06. The summed E-state index contributed by atoms with van der Waals surface area (Å²) in [6.07, 6.45) is 0. The zero-order chi connectivity index (χ0) is 11.3. The van der Waals surface area contributed by atoms with Crippen LogP contribution in [0.15, 0.2) is 24.3 Å². The van der Waals surface area contributed by atoms with Crippen LogP contribution in [0.2, 0.25) is 0 Å². The molecule has 0 fully saturated rings. The lowest BCUT2D eigenvalue weighted by molar-refractivity contribution is -0.384. The second-order valence-corrected chi connectivity index (χ2v) is 3.02. The first-order chi connectivity index (χ1) is 7.13. The standard InChI is InChI=1S/C9H10N2O3S/c1-2-14-9(15)10-7-4-3-5-8(6-7)11(12)13/h3-6H,2H2,1H3,(H,10,15). The summed E-state index contributed by atoms with van der Waals surface area (Å²) in [6.45, 7) is 2.27. The average Bonchev–Trinajstić information content (AvgIpc) is 2.18. The van der Waals surface area contributed by atoms with Crippen LogP contribution in [0.1, 0.15) is 6.92 Å². The molecule has 1 aromatic rings. The van der Waals surface area contributed by atoms with Crippen LogP contribution >= 0.6 is 12.2 Å². The molecule has 0 aliphatic carbocycles. The van der Waals surface area contributed by atoms with Crippen LogP contribution in [0.3, 0.4) is 0 Å². The molecule has 1 N–H and O–H groups in total. The number of nitro groups is 1. The number of thiocarbonyl (C=S) groups is 1. The Morgan fingerprint density at radius 3 is 3.00 bits per heavy atom. The van der Waals surface area contributed by atoms with E-state index in [9.17, 15) is 10.1 Å². The zero-order valence-corrected chi connectivity index (χ0v) is 8.91. The smallest absolute Gasteiger partial charge is 0.271 e. The summed E-state index contributed by atoms with van der Waals surface area (Å²) in [6, 6.07) is 6.06. The van der Waals surface area contributed by atoms with E-state index in [0.717, 1.165) is 0 Å². The van der Waals surface area contributed by atoms with Crippen molar-refractivity contribution in [2.24, 2.45) is 0 Å². The van der Waals surface area contributed by atoms with Crippen LogP contribution in [0.25, 0.3) is 0 Å². The van der Waals surface area contributed by atoms with Crippen LogP contribution in [0.5, 0.6) is 0 Å². The van der Waals surface area contributed by atoms with E-state index < -0.39 is 4.92 Å². The molecule has 0 aliphatic heterocycles. The summed E-state index contributed by atoms with van der Waals surface area (Å²) >= 11 is 4.84. The minimum atomic E-state index is -0.463. The fourth-order valence-corrected chi connectivity index (χ4v) is 1.22. The Balaban J connectivity index is 2.73. The first-order valence-corrected chi connectivity index (χ1v) is 4.72. The predicted molar refractivity (Wildman–Crippen MR) is 60.9 cm³/mol. The monoisotopic (exact) mass is 226 g/mol. The summed E-state index contributed by atoms with van der Waals surface area (Å²) < 4.78 is 5.00. The van der Waals surface area contributed by atoms with E-state index >= 15 is 0 Å². The third kappa shape index (κ3) is 3.51. The molecule has 1 aromatic carbocycles. The fourth-order valence-electron chi connectivity index (χ4n) is 0.982. The molecular formula is C9H10N2O3S. The molecule has 15 heavy (non-hydrogen) atoms. The topological polar surface area (TPSA) is 64.4 Å². The molecule has 5 nitrogen and oxygen atoms in total. The van der Waals surface area contributed by atoms with E-state index in [0.29, 0.717) is 12.3 Å². The van der Waals surface area contributed by atoms with Gasteiger partial charge in [0.25, 0.3) is 10.9 Å². The van der Waals surface area contributed by atoms with E-state index in [1.165, 1.54) is 12.1 Å². The number of nitro benzene ring substituents is 1. The summed E-state index contributed by atoms with van der Waals surface area (Å²) in [4.78, 5) is 10.0. The Morgan fingerprint density at radius 1 is 1.67 bits per heavy atom. The molecule has 0 atom stereocenters. The summed E-state index contributed by atoms with van der Waals surface area (Å²) in [5.74, 6) is 0. The molecule has 1 rings (SSSR count). The van der Waals surface area contributed by atoms with Gasteiger partial charge in [0.1, 0.15) is 0 Å². The van der Waals surface area contributed by atoms with Gasteiger partial charge in [-0.1, -0.05) is 6.07 Å². The molecule has 0 saturated heterocycles. The normalized spacial score (nSPS) is 9.40. The molecule has 80 valence electrons. The van der Waals surface area contributed by atoms with E-state index in [1.54, 1.807) is 19.1 Å². The quantitative estimate of drug-likeness (QED) is 0.487. The van der Waals surface area contributed by atoms with Crippen molar-refractivity contribution in [3.05, 3.63) is 34.4 Å². The summed E-state index contributed by atoms with van der Waals surface area (Å²) in [5, 5.41) is 13.4. The minimum Gasteiger partial charge on any atom is -0.471 e. The molecule has 0 aromatic heterocycles. The maximum atomic E-state index is 10.5. The zero-order valence-electron chi connectivity index (χ0n) is 8.10. The van der Waals surface area contributed by atoms with Crippen molar-refractivity contribution < 1.29 is 9.66 Å². The number of nitrogens with zero attached hydrogens (tertiary/aromatic N) is 1. The van der Waals surface area contributed by atoms with Crippen molar-refractivity contribution >= 4 is 28.8 Å². The Labute approximate surface area is 92.2 Å². The van der Waals surface area contributed by atoms with Gasteiger partial charge in [-0.2, -0.15) is 0 Å². The summed E-state index contributed by atoms with van der Waals surface area (Å²) in [7, 11) is 0. The van der Waals surface area contributed by atoms with Crippen molar-refractivity contribution in [1.29, 1.82) is 0 Å². The highest BCUT2D eigenvalue weighted by molar-refractivity contribution is 7.80. The maximum absolute atomic E-state index is 10.5. The van der Waals surface area contributed by atoms with Gasteiger partial charge in [0.15, 0.2) is 0 Å². The molecule has 0 radical (unpaired) electrons. The lowest BCUT2D eigenvalue weighted by Gasteiger charge is -2.07. The number of rotatable bonds is 3. The predicted octanol–water partition coefficient (Wildman–Crippen LogP) is 2.33. The largest absolute Gasteiger partial charge is 0.471 e. The van der Waals surface area contributed by atoms with Gasteiger partial charge < -0.3 is 10.1 Å². The van der Waals surface area contributed by atoms with E-state index in [2.05, 4.69) is 5.32 Å². The van der Waals surface area contributed by atoms with Gasteiger partial charge in [-0.3, -0.25) is 10.1 Å². The number of non-ortho nitro benzene ring substituents is 1. The number of ether oxygens (including phenoxy) is 1. The van der Waals surface area contributed by atoms with Crippen molar-refractivity contribution in [3.63, 3.8) is 0 Å². The van der Waals surface area contributed by atoms with Gasteiger partial charge in [0.2, 0.25) is 0 Å². The second-order valence-electron chi connectivity index (χ2n) is 2.65. The number of nitrogens with one attached hydrogen (secondary N) is 1. The average molecular weight is 226 g/mol. The number of anilines is 1. The first-order valence-electron chi connectivity index (χ1n) is 4.31. The van der Waals surface area contributed by atoms with Crippen LogP contribution < -0.4 is 5.32 Å². The van der Waals surface area contributed by atoms with Gasteiger partial charge in [0, 0.05) is 17.8 Å². The Hall–Kier alpha value is -1.69. The number of hydrogen-bond donors (Lipinski definition) is 1. The van der Waals surface area contributed by atoms with Gasteiger partial charge >= 0.3 is 0 Å². The number of benzene rings is 1. The fraction of sp³-hybridized carbons (Fsp3) is 0.222. The molecule has 0 saturated carbocycles. The van der Waals surface area contributed by atoms with Crippen LogP contribution in [-0.2, 0) is 4.74 Å². The molecule has 0 aliphatic rings. The lowest BCUT2D eigenvalue weighted by atomic mass is 10.3. The lowest BCUT2D eigenvalue weighted by Crippen LogP contribution is -2.12. The van der Waals surface area contributed by atoms with Crippen molar-refractivity contribution in [2.75, 3.05) is 11.9 Å². The van der Waals surface area contributed by atoms with E-state index in [4.69, 9.17) is 17.0 Å². The Bertz CT molecular complexity index is 381. The molecule has 0 heterocycles. The van der Waals surface area contributed by atoms with Crippen LogP contribution in [-0.4, -0.2) is 16.7 Å². The van der Waals surface area contributed by atoms with Gasteiger partial charge in [0.05, 0.1) is 11.5 Å². The van der Waals surface area contributed by atoms with E-state index in [1.807, 2.05) is 0 Å². The number of hydrogen-bond acceptors (Lipinski definition) is 4. The Kier molecular flexibility index (Phi) is 3.99. The molecular weight excluding hydrogens is 216 g/mol. The molecule has 6 heteroatoms. The third-order valence-corrected chi connectivity index (χ3v) is 1.80. The highest BCUT2D eigenvalue weighted by Crippen LogP contribution is 2.16. The molecule has 0 amide bonds. The van der Waals surface area contributed by atoms with Crippen molar-refractivity contribution in [3.8, 4) is 0 Å². The molecule has 0 unspecified atom stereocenters. The first kappa shape index (κ1) is 11.4. The van der Waals surface area contributed by atoms with Crippen molar-refractivity contribution in [1.82, 2.24) is 0 Å². The van der Waals surface area contributed by atoms with E-state index in [-0.39, 0.29) is 10.9 Å². The SMILES string of the molecule is CCOC(=S)Nc1cccc([N+](=O)[O-])c1. The summed E-state index contributed by atoms with van der Waals surface area (Å²) in [5.41, 5.74) is 0.557. The molecule has 0 bridgehead atoms. The van der Waals surface area contributed by atoms with Crippen molar-refractivity contribution in [2.45, 2.75) is 6.92 Å². The highest BCUT2D eigenvalue weighted by atomic mass is 32.1. The van der Waals surface area contributed by atoms with Gasteiger partial charge in [-0.05, 0) is 25.2 Å². The maximum Gasteiger partial charge on any atom is 0.271 e. The Morgan fingerprint density at radius 2 is 2.40 bits per heavy atom.